The van der Waals surface area contributed by atoms with E-state index in [-0.39, 0.29) is 11.9 Å². The van der Waals surface area contributed by atoms with Crippen LogP contribution in [0, 0.1) is 0 Å². The van der Waals surface area contributed by atoms with Gasteiger partial charge in [-0.1, -0.05) is 30.3 Å². The molecule has 0 aliphatic rings. The van der Waals surface area contributed by atoms with Gasteiger partial charge in [-0.3, -0.25) is 4.79 Å². The first-order valence-corrected chi connectivity index (χ1v) is 7.41. The van der Waals surface area contributed by atoms with Crippen molar-refractivity contribution in [2.45, 2.75) is 25.8 Å². The number of aromatic nitrogens is 1. The molecule has 0 spiro atoms. The molecule has 1 amide bonds. The summed E-state index contributed by atoms with van der Waals surface area (Å²) in [6.07, 6.45) is 3.49. The van der Waals surface area contributed by atoms with Crippen LogP contribution >= 0.6 is 15.9 Å². The molecule has 0 saturated heterocycles. The van der Waals surface area contributed by atoms with E-state index in [1.807, 2.05) is 31.2 Å². The molecule has 20 heavy (non-hydrogen) atoms. The minimum Gasteiger partial charge on any atom is -0.348 e. The largest absolute Gasteiger partial charge is 0.348 e. The molecule has 1 N–H and O–H groups in total. The number of nitrogens with zero attached hydrogens (tertiary/aromatic N) is 1. The smallest absolute Gasteiger partial charge is 0.270 e. The van der Waals surface area contributed by atoms with Crippen molar-refractivity contribution in [3.8, 4) is 0 Å². The number of amides is 1. The zero-order valence-corrected chi connectivity index (χ0v) is 12.9. The lowest BCUT2D eigenvalue weighted by Crippen LogP contribution is -2.33. The highest BCUT2D eigenvalue weighted by molar-refractivity contribution is 9.10. The number of nitrogens with one attached hydrogen (secondary N) is 1. The van der Waals surface area contributed by atoms with Crippen molar-refractivity contribution < 1.29 is 4.79 Å². The van der Waals surface area contributed by atoms with Gasteiger partial charge >= 0.3 is 0 Å². The van der Waals surface area contributed by atoms with Gasteiger partial charge < -0.3 is 5.32 Å². The molecular formula is C16H17BrN2O. The van der Waals surface area contributed by atoms with Crippen LogP contribution in [0.5, 0.6) is 0 Å². The minimum atomic E-state index is -0.127. The highest BCUT2D eigenvalue weighted by atomic mass is 79.9. The predicted octanol–water partition coefficient (Wildman–Crippen LogP) is 3.60. The Morgan fingerprint density at radius 3 is 2.65 bits per heavy atom. The van der Waals surface area contributed by atoms with E-state index >= 15 is 0 Å². The summed E-state index contributed by atoms with van der Waals surface area (Å²) in [5.74, 6) is -0.127. The number of hydrogen-bond donors (Lipinski definition) is 1. The summed E-state index contributed by atoms with van der Waals surface area (Å²) < 4.78 is 0.867. The first-order chi connectivity index (χ1) is 9.65. The second-order valence-electron chi connectivity index (χ2n) is 4.76. The number of halogens is 1. The van der Waals surface area contributed by atoms with Crippen molar-refractivity contribution in [2.75, 3.05) is 0 Å². The molecule has 0 aliphatic carbocycles. The average Bonchev–Trinajstić information content (AvgIpc) is 2.47. The fourth-order valence-corrected chi connectivity index (χ4v) is 2.14. The monoisotopic (exact) mass is 332 g/mol. The Morgan fingerprint density at radius 2 is 2.00 bits per heavy atom. The molecule has 104 valence electrons. The van der Waals surface area contributed by atoms with Gasteiger partial charge in [-0.05, 0) is 53.4 Å². The molecule has 0 saturated carbocycles. The number of carbonyl (C=O) groups excluding carboxylic acids is 1. The van der Waals surface area contributed by atoms with E-state index < -0.39 is 0 Å². The molecule has 4 heteroatoms. The number of carbonyl (C=O) groups is 1. The van der Waals surface area contributed by atoms with Crippen molar-refractivity contribution in [3.63, 3.8) is 0 Å². The van der Waals surface area contributed by atoms with E-state index in [0.717, 1.165) is 17.3 Å². The predicted molar refractivity (Wildman–Crippen MR) is 83.6 cm³/mol. The van der Waals surface area contributed by atoms with Crippen LogP contribution in [0.1, 0.15) is 29.4 Å². The van der Waals surface area contributed by atoms with E-state index in [2.05, 4.69) is 38.4 Å². The molecule has 0 fully saturated rings. The van der Waals surface area contributed by atoms with Crippen molar-refractivity contribution in [2.24, 2.45) is 0 Å². The van der Waals surface area contributed by atoms with Crippen molar-refractivity contribution in [3.05, 3.63) is 64.4 Å². The van der Waals surface area contributed by atoms with Crippen molar-refractivity contribution in [1.82, 2.24) is 10.3 Å². The highest BCUT2D eigenvalue weighted by Crippen LogP contribution is 2.08. The summed E-state index contributed by atoms with van der Waals surface area (Å²) in [5, 5.41) is 2.97. The number of aryl methyl sites for hydroxylation is 1. The number of hydrogen-bond acceptors (Lipinski definition) is 2. The van der Waals surface area contributed by atoms with Gasteiger partial charge in [-0.15, -0.1) is 0 Å². The van der Waals surface area contributed by atoms with Gasteiger partial charge in [0.15, 0.2) is 0 Å². The zero-order chi connectivity index (χ0) is 14.4. The average molecular weight is 333 g/mol. The second-order valence-corrected chi connectivity index (χ2v) is 5.68. The van der Waals surface area contributed by atoms with Crippen LogP contribution in [0.4, 0.5) is 0 Å². The summed E-state index contributed by atoms with van der Waals surface area (Å²) in [6.45, 7) is 2.01. The van der Waals surface area contributed by atoms with Crippen LogP contribution in [0.3, 0.4) is 0 Å². The Morgan fingerprint density at radius 1 is 1.25 bits per heavy atom. The standard InChI is InChI=1S/C16H17BrN2O/c1-12(7-8-13-5-3-2-4-6-13)19-16(20)15-10-9-14(17)11-18-15/h2-6,9-12H,7-8H2,1H3,(H,19,20). The Hall–Kier alpha value is -1.68. The van der Waals surface area contributed by atoms with Gasteiger partial charge in [-0.25, -0.2) is 4.98 Å². The molecule has 0 bridgehead atoms. The molecule has 3 nitrogen and oxygen atoms in total. The number of benzene rings is 1. The molecule has 1 aromatic carbocycles. The lowest BCUT2D eigenvalue weighted by atomic mass is 10.1. The maximum atomic E-state index is 12.0. The van der Waals surface area contributed by atoms with Gasteiger partial charge in [-0.2, -0.15) is 0 Å². The fraction of sp³-hybridized carbons (Fsp3) is 0.250. The minimum absolute atomic E-state index is 0.119. The Balaban J connectivity index is 1.83. The lowest BCUT2D eigenvalue weighted by molar-refractivity contribution is 0.0933. The van der Waals surface area contributed by atoms with Crippen LogP contribution < -0.4 is 5.32 Å². The van der Waals surface area contributed by atoms with Gasteiger partial charge in [0.05, 0.1) is 0 Å². The van der Waals surface area contributed by atoms with Crippen LogP contribution in [0.15, 0.2) is 53.1 Å². The summed E-state index contributed by atoms with van der Waals surface area (Å²) in [6, 6.07) is 13.9. The van der Waals surface area contributed by atoms with Gasteiger partial charge in [0.2, 0.25) is 0 Å². The first kappa shape index (κ1) is 14.7. The van der Waals surface area contributed by atoms with Gasteiger partial charge in [0, 0.05) is 16.7 Å². The highest BCUT2D eigenvalue weighted by Gasteiger charge is 2.10. The molecule has 2 aromatic rings. The molecule has 2 rings (SSSR count). The van der Waals surface area contributed by atoms with E-state index in [0.29, 0.717) is 5.69 Å². The molecule has 0 aliphatic heterocycles. The number of rotatable bonds is 5. The van der Waals surface area contributed by atoms with Crippen molar-refractivity contribution in [1.29, 1.82) is 0 Å². The molecule has 1 atom stereocenters. The van der Waals surface area contributed by atoms with Gasteiger partial charge in [0.25, 0.3) is 5.91 Å². The third kappa shape index (κ3) is 4.46. The van der Waals surface area contributed by atoms with Gasteiger partial charge in [0.1, 0.15) is 5.69 Å². The lowest BCUT2D eigenvalue weighted by Gasteiger charge is -2.13. The van der Waals surface area contributed by atoms with E-state index in [1.54, 1.807) is 12.3 Å². The quantitative estimate of drug-likeness (QED) is 0.908. The summed E-state index contributed by atoms with van der Waals surface area (Å²) in [7, 11) is 0. The van der Waals surface area contributed by atoms with Crippen LogP contribution in [0.25, 0.3) is 0 Å². The Labute approximate surface area is 127 Å². The second kappa shape index (κ2) is 7.20. The maximum absolute atomic E-state index is 12.0. The third-order valence-corrected chi connectivity index (χ3v) is 3.52. The fourth-order valence-electron chi connectivity index (χ4n) is 1.91. The Kier molecular flexibility index (Phi) is 5.30. The first-order valence-electron chi connectivity index (χ1n) is 6.61. The van der Waals surface area contributed by atoms with Crippen LogP contribution in [-0.2, 0) is 6.42 Å². The summed E-state index contributed by atoms with van der Waals surface area (Å²) >= 11 is 3.30. The molecular weight excluding hydrogens is 316 g/mol. The third-order valence-electron chi connectivity index (χ3n) is 3.05. The molecule has 1 unspecified atom stereocenters. The van der Waals surface area contributed by atoms with Crippen LogP contribution in [0.2, 0.25) is 0 Å². The molecule has 1 heterocycles. The molecule has 0 radical (unpaired) electrons. The normalized spacial score (nSPS) is 11.9. The van der Waals surface area contributed by atoms with Crippen molar-refractivity contribution >= 4 is 21.8 Å². The summed E-state index contributed by atoms with van der Waals surface area (Å²) in [4.78, 5) is 16.1. The van der Waals surface area contributed by atoms with Crippen LogP contribution in [-0.4, -0.2) is 16.9 Å². The SMILES string of the molecule is CC(CCc1ccccc1)NC(=O)c1ccc(Br)cn1. The summed E-state index contributed by atoms with van der Waals surface area (Å²) in [5.41, 5.74) is 1.73. The maximum Gasteiger partial charge on any atom is 0.270 e. The van der Waals surface area contributed by atoms with E-state index in [9.17, 15) is 4.79 Å². The number of pyridine rings is 1. The van der Waals surface area contributed by atoms with E-state index in [4.69, 9.17) is 0 Å². The van der Waals surface area contributed by atoms with E-state index in [1.165, 1.54) is 5.56 Å². The Bertz CT molecular complexity index is 554. The topological polar surface area (TPSA) is 42.0 Å². The zero-order valence-electron chi connectivity index (χ0n) is 11.3. The molecule has 1 aromatic heterocycles.